The average molecular weight is 271 g/mol. The number of benzene rings is 1. The molecule has 104 valence electrons. The van der Waals surface area contributed by atoms with Crippen LogP contribution in [0.15, 0.2) is 30.3 Å². The summed E-state index contributed by atoms with van der Waals surface area (Å²) in [5.41, 5.74) is 0.148. The number of nitrogens with one attached hydrogen (secondary N) is 1. The van der Waals surface area contributed by atoms with Gasteiger partial charge in [0.1, 0.15) is 0 Å². The summed E-state index contributed by atoms with van der Waals surface area (Å²) >= 11 is 0. The molecule has 2 N–H and O–H groups in total. The van der Waals surface area contributed by atoms with Gasteiger partial charge >= 0.3 is 5.97 Å². The van der Waals surface area contributed by atoms with Crippen LogP contribution in [-0.2, 0) is 9.59 Å². The van der Waals surface area contributed by atoms with Crippen molar-refractivity contribution >= 4 is 11.9 Å². The standard InChI is InChI=1S/C16H17NO3/c18-14(9-8-13-6-2-1-3-7-13)17-16(12-15(19)20)10-4-5-11-16/h1-3,6-7H,4-5,10-12H2,(H,17,18)(H,19,20). The molecule has 0 saturated heterocycles. The first-order valence-electron chi connectivity index (χ1n) is 6.71. The second-order valence-corrected chi connectivity index (χ2v) is 5.13. The van der Waals surface area contributed by atoms with Gasteiger partial charge in [0.2, 0.25) is 0 Å². The molecule has 4 heteroatoms. The summed E-state index contributed by atoms with van der Waals surface area (Å²) in [6, 6.07) is 9.23. The van der Waals surface area contributed by atoms with Crippen molar-refractivity contribution in [3.8, 4) is 11.8 Å². The summed E-state index contributed by atoms with van der Waals surface area (Å²) < 4.78 is 0. The molecule has 1 aromatic carbocycles. The van der Waals surface area contributed by atoms with Crippen LogP contribution in [0.3, 0.4) is 0 Å². The van der Waals surface area contributed by atoms with Crippen LogP contribution in [-0.4, -0.2) is 22.5 Å². The molecule has 1 fully saturated rings. The van der Waals surface area contributed by atoms with Crippen LogP contribution in [0.25, 0.3) is 0 Å². The molecular weight excluding hydrogens is 254 g/mol. The fourth-order valence-corrected chi connectivity index (χ4v) is 2.61. The van der Waals surface area contributed by atoms with Crippen molar-refractivity contribution in [2.24, 2.45) is 0 Å². The molecule has 20 heavy (non-hydrogen) atoms. The zero-order chi connectivity index (χ0) is 14.4. The van der Waals surface area contributed by atoms with E-state index < -0.39 is 17.4 Å². The Bertz CT molecular complexity index is 548. The molecule has 0 bridgehead atoms. The normalized spacial score (nSPS) is 16.0. The molecular formula is C16H17NO3. The van der Waals surface area contributed by atoms with Crippen LogP contribution in [0.5, 0.6) is 0 Å². The van der Waals surface area contributed by atoms with Gasteiger partial charge in [0, 0.05) is 11.5 Å². The van der Waals surface area contributed by atoms with E-state index in [1.165, 1.54) is 0 Å². The van der Waals surface area contributed by atoms with Crippen LogP contribution < -0.4 is 5.32 Å². The molecule has 2 rings (SSSR count). The third-order valence-electron chi connectivity index (χ3n) is 3.52. The number of carboxylic acid groups (broad SMARTS) is 1. The third-order valence-corrected chi connectivity index (χ3v) is 3.52. The van der Waals surface area contributed by atoms with Crippen molar-refractivity contribution in [1.29, 1.82) is 0 Å². The first-order valence-corrected chi connectivity index (χ1v) is 6.71. The molecule has 1 aliphatic rings. The maximum atomic E-state index is 11.9. The fourth-order valence-electron chi connectivity index (χ4n) is 2.61. The Hall–Kier alpha value is -2.28. The van der Waals surface area contributed by atoms with E-state index in [1.54, 1.807) is 0 Å². The summed E-state index contributed by atoms with van der Waals surface area (Å²) in [5, 5.41) is 11.8. The molecule has 0 atom stereocenters. The lowest BCUT2D eigenvalue weighted by Gasteiger charge is -2.27. The fraction of sp³-hybridized carbons (Fsp3) is 0.375. The van der Waals surface area contributed by atoms with Crippen LogP contribution >= 0.6 is 0 Å². The van der Waals surface area contributed by atoms with Crippen molar-refractivity contribution < 1.29 is 14.7 Å². The van der Waals surface area contributed by atoms with Crippen molar-refractivity contribution in [3.63, 3.8) is 0 Å². The summed E-state index contributed by atoms with van der Waals surface area (Å²) in [6.45, 7) is 0. The molecule has 4 nitrogen and oxygen atoms in total. The van der Waals surface area contributed by atoms with E-state index in [-0.39, 0.29) is 6.42 Å². The Morgan fingerprint density at radius 2 is 1.85 bits per heavy atom. The lowest BCUT2D eigenvalue weighted by molar-refractivity contribution is -0.138. The maximum absolute atomic E-state index is 11.9. The second-order valence-electron chi connectivity index (χ2n) is 5.13. The summed E-state index contributed by atoms with van der Waals surface area (Å²) in [5.74, 6) is 4.02. The zero-order valence-corrected chi connectivity index (χ0v) is 11.2. The first-order chi connectivity index (χ1) is 9.60. The van der Waals surface area contributed by atoms with Gasteiger partial charge in [-0.25, -0.2) is 0 Å². The average Bonchev–Trinajstić information content (AvgIpc) is 2.85. The highest BCUT2D eigenvalue weighted by molar-refractivity contribution is 5.95. The second kappa shape index (κ2) is 6.25. The van der Waals surface area contributed by atoms with E-state index in [0.29, 0.717) is 12.8 Å². The van der Waals surface area contributed by atoms with Gasteiger partial charge in [0.25, 0.3) is 5.91 Å². The monoisotopic (exact) mass is 271 g/mol. The van der Waals surface area contributed by atoms with E-state index in [1.807, 2.05) is 30.3 Å². The van der Waals surface area contributed by atoms with Crippen molar-refractivity contribution in [1.82, 2.24) is 5.32 Å². The highest BCUT2D eigenvalue weighted by Crippen LogP contribution is 2.32. The minimum Gasteiger partial charge on any atom is -0.481 e. The van der Waals surface area contributed by atoms with Gasteiger partial charge in [-0.15, -0.1) is 0 Å². The number of aliphatic carboxylic acids is 1. The number of hydrogen-bond acceptors (Lipinski definition) is 2. The van der Waals surface area contributed by atoms with Gasteiger partial charge in [0.15, 0.2) is 0 Å². The van der Waals surface area contributed by atoms with Gasteiger partial charge in [0.05, 0.1) is 12.0 Å². The van der Waals surface area contributed by atoms with E-state index in [9.17, 15) is 9.59 Å². The van der Waals surface area contributed by atoms with E-state index in [2.05, 4.69) is 17.2 Å². The summed E-state index contributed by atoms with van der Waals surface area (Å²) in [4.78, 5) is 22.8. The van der Waals surface area contributed by atoms with Gasteiger partial charge in [-0.2, -0.15) is 0 Å². The Balaban J connectivity index is 2.03. The maximum Gasteiger partial charge on any atom is 0.305 e. The molecule has 0 aromatic heterocycles. The summed E-state index contributed by atoms with van der Waals surface area (Å²) in [7, 11) is 0. The molecule has 0 aliphatic heterocycles. The van der Waals surface area contributed by atoms with Crippen LogP contribution in [0.2, 0.25) is 0 Å². The topological polar surface area (TPSA) is 66.4 Å². The molecule has 1 aromatic rings. The SMILES string of the molecule is O=C(O)CC1(NC(=O)C#Cc2ccccc2)CCCC1. The van der Waals surface area contributed by atoms with Gasteiger partial charge < -0.3 is 10.4 Å². The van der Waals surface area contributed by atoms with Crippen LogP contribution in [0.4, 0.5) is 0 Å². The Labute approximate surface area is 118 Å². The van der Waals surface area contributed by atoms with Crippen molar-refractivity contribution in [2.45, 2.75) is 37.6 Å². The minimum atomic E-state index is -0.886. The van der Waals surface area contributed by atoms with Crippen molar-refractivity contribution in [3.05, 3.63) is 35.9 Å². The predicted molar refractivity (Wildman–Crippen MR) is 74.9 cm³/mol. The molecule has 0 radical (unpaired) electrons. The predicted octanol–water partition coefficient (Wildman–Crippen LogP) is 1.94. The lowest BCUT2D eigenvalue weighted by atomic mass is 9.93. The molecule has 0 heterocycles. The largest absolute Gasteiger partial charge is 0.481 e. The summed E-state index contributed by atoms with van der Waals surface area (Å²) in [6.07, 6.45) is 3.27. The van der Waals surface area contributed by atoms with Gasteiger partial charge in [-0.3, -0.25) is 9.59 Å². The van der Waals surface area contributed by atoms with Gasteiger partial charge in [-0.1, -0.05) is 37.0 Å². The molecule has 1 aliphatic carbocycles. The number of rotatable bonds is 3. The Morgan fingerprint density at radius 3 is 2.45 bits per heavy atom. The quantitative estimate of drug-likeness (QED) is 0.826. The highest BCUT2D eigenvalue weighted by atomic mass is 16.4. The van der Waals surface area contributed by atoms with E-state index in [4.69, 9.17) is 5.11 Å². The number of carbonyl (C=O) groups is 2. The molecule has 1 saturated carbocycles. The molecule has 0 spiro atoms. The van der Waals surface area contributed by atoms with Crippen molar-refractivity contribution in [2.75, 3.05) is 0 Å². The Morgan fingerprint density at radius 1 is 1.20 bits per heavy atom. The third kappa shape index (κ3) is 3.86. The number of hydrogen-bond donors (Lipinski definition) is 2. The minimum absolute atomic E-state index is 0.0360. The Kier molecular flexibility index (Phi) is 4.41. The number of carboxylic acids is 1. The molecule has 1 amide bonds. The highest BCUT2D eigenvalue weighted by Gasteiger charge is 2.37. The lowest BCUT2D eigenvalue weighted by Crippen LogP contribution is -2.47. The van der Waals surface area contributed by atoms with E-state index in [0.717, 1.165) is 18.4 Å². The zero-order valence-electron chi connectivity index (χ0n) is 11.2. The molecule has 0 unspecified atom stereocenters. The van der Waals surface area contributed by atoms with Crippen LogP contribution in [0, 0.1) is 11.8 Å². The van der Waals surface area contributed by atoms with Crippen LogP contribution in [0.1, 0.15) is 37.7 Å². The smallest absolute Gasteiger partial charge is 0.305 e. The van der Waals surface area contributed by atoms with Gasteiger partial charge in [-0.05, 0) is 25.0 Å². The number of carbonyl (C=O) groups excluding carboxylic acids is 1. The van der Waals surface area contributed by atoms with E-state index >= 15 is 0 Å². The number of amides is 1. The first kappa shape index (κ1) is 14.1.